The fraction of sp³-hybridized carbons (Fsp3) is 0.368. The number of carbonyl (C=O) groups is 2. The molecule has 0 spiro atoms. The molecule has 0 radical (unpaired) electrons. The van der Waals surface area contributed by atoms with Crippen LogP contribution in [0.3, 0.4) is 0 Å². The van der Waals surface area contributed by atoms with Gasteiger partial charge in [0.05, 0.1) is 24.5 Å². The van der Waals surface area contributed by atoms with Crippen molar-refractivity contribution in [3.8, 4) is 23.0 Å². The van der Waals surface area contributed by atoms with E-state index in [0.29, 0.717) is 10.7 Å². The number of alkyl halides is 5. The molecule has 2 aliphatic carbocycles. The molecule has 1 amide bonds. The van der Waals surface area contributed by atoms with Gasteiger partial charge in [-0.15, -0.1) is 0 Å². The summed E-state index contributed by atoms with van der Waals surface area (Å²) >= 11 is 0. The van der Waals surface area contributed by atoms with Crippen LogP contribution in [0.1, 0.15) is 81.8 Å². The number of amides is 1. The third-order valence-electron chi connectivity index (χ3n) is 10.0. The van der Waals surface area contributed by atoms with E-state index in [0.717, 1.165) is 24.3 Å². The summed E-state index contributed by atoms with van der Waals surface area (Å²) in [5, 5.41) is 14.4. The molecule has 2 aromatic heterocycles. The molecule has 16 heteroatoms. The maximum absolute atomic E-state index is 15.3. The molecule has 54 heavy (non-hydrogen) atoms. The summed E-state index contributed by atoms with van der Waals surface area (Å²) in [5.74, 6) is -6.44. The lowest BCUT2D eigenvalue weighted by Crippen LogP contribution is -2.34. The first-order valence-electron chi connectivity index (χ1n) is 16.9. The van der Waals surface area contributed by atoms with Crippen LogP contribution >= 0.6 is 0 Å². The maximum Gasteiger partial charge on any atom is 0.435 e. The van der Waals surface area contributed by atoms with Crippen LogP contribution in [0.4, 0.5) is 35.1 Å². The van der Waals surface area contributed by atoms with Crippen LogP contribution in [-0.2, 0) is 34.6 Å². The summed E-state index contributed by atoms with van der Waals surface area (Å²) < 4.78 is 122. The van der Waals surface area contributed by atoms with Gasteiger partial charge in [0.25, 0.3) is 11.8 Å². The average Bonchev–Trinajstić information content (AvgIpc) is 3.75. The van der Waals surface area contributed by atoms with E-state index in [1.807, 2.05) is 0 Å². The molecule has 2 aromatic carbocycles. The smallest absolute Gasteiger partial charge is 0.381 e. The van der Waals surface area contributed by atoms with Crippen molar-refractivity contribution in [1.82, 2.24) is 14.8 Å². The van der Waals surface area contributed by atoms with Gasteiger partial charge >= 0.3 is 6.18 Å². The minimum atomic E-state index is -5.06. The highest BCUT2D eigenvalue weighted by Crippen LogP contribution is 2.68. The molecule has 0 bridgehead atoms. The van der Waals surface area contributed by atoms with E-state index in [4.69, 9.17) is 10.5 Å². The van der Waals surface area contributed by atoms with Crippen LogP contribution in [0, 0.1) is 35.2 Å². The lowest BCUT2D eigenvalue weighted by molar-refractivity contribution is -0.142. The molecule has 7 rings (SSSR count). The highest BCUT2D eigenvalue weighted by Gasteiger charge is 2.68. The van der Waals surface area contributed by atoms with Crippen molar-refractivity contribution in [2.24, 2.45) is 11.7 Å². The zero-order chi connectivity index (χ0) is 38.7. The first kappa shape index (κ1) is 37.2. The van der Waals surface area contributed by atoms with Gasteiger partial charge in [0, 0.05) is 48.3 Å². The lowest BCUT2D eigenvalue weighted by Gasteiger charge is -2.26. The summed E-state index contributed by atoms with van der Waals surface area (Å²) in [6.07, 6.45) is -5.73. The molecular formula is C38H30F8N4O4. The number of rotatable bonds is 9. The summed E-state index contributed by atoms with van der Waals surface area (Å²) in [6.45, 7) is -0.490. The minimum absolute atomic E-state index is 0.0223. The Hall–Kier alpha value is -5.14. The number of benzene rings is 2. The van der Waals surface area contributed by atoms with Crippen LogP contribution in [0.15, 0.2) is 48.5 Å². The number of hydrogen-bond donors (Lipinski definition) is 2. The van der Waals surface area contributed by atoms with E-state index in [-0.39, 0.29) is 67.0 Å². The number of aromatic nitrogens is 3. The Kier molecular flexibility index (Phi) is 9.38. The number of primary amides is 1. The topological polar surface area (TPSA) is 120 Å². The quantitative estimate of drug-likeness (QED) is 0.147. The molecule has 0 unspecified atom stereocenters. The third-order valence-corrected chi connectivity index (χ3v) is 10.0. The predicted octanol–water partition coefficient (Wildman–Crippen LogP) is 6.57. The van der Waals surface area contributed by atoms with Crippen molar-refractivity contribution in [2.45, 2.75) is 68.2 Å². The number of carbonyl (C=O) groups excluding carboxylic acids is 2. The van der Waals surface area contributed by atoms with E-state index < -0.39 is 100 Å². The van der Waals surface area contributed by atoms with Gasteiger partial charge in [0.15, 0.2) is 11.5 Å². The lowest BCUT2D eigenvalue weighted by atomic mass is 9.86. The number of aliphatic hydroxyl groups is 1. The second-order valence-corrected chi connectivity index (χ2v) is 13.8. The number of nitrogens with zero attached hydrogens (tertiary/aromatic N) is 3. The molecule has 3 heterocycles. The van der Waals surface area contributed by atoms with Crippen molar-refractivity contribution >= 4 is 11.7 Å². The summed E-state index contributed by atoms with van der Waals surface area (Å²) in [4.78, 5) is 30.5. The largest absolute Gasteiger partial charge is 0.435 e. The van der Waals surface area contributed by atoms with Crippen LogP contribution in [0.5, 0.6) is 0 Å². The number of fused-ring (bicyclic) bond motifs is 3. The van der Waals surface area contributed by atoms with Crippen LogP contribution in [-0.4, -0.2) is 50.4 Å². The molecule has 3 N–H and O–H groups in total. The Morgan fingerprint density at radius 2 is 1.74 bits per heavy atom. The highest BCUT2D eigenvalue weighted by molar-refractivity contribution is 5.94. The van der Waals surface area contributed by atoms with Gasteiger partial charge in [-0.25, -0.2) is 18.2 Å². The number of halogens is 8. The Morgan fingerprint density at radius 3 is 2.41 bits per heavy atom. The number of hydrogen-bond acceptors (Lipinski definition) is 6. The number of ether oxygens (including phenoxy) is 1. The van der Waals surface area contributed by atoms with Gasteiger partial charge in [-0.05, 0) is 72.2 Å². The fourth-order valence-electron chi connectivity index (χ4n) is 7.37. The van der Waals surface area contributed by atoms with E-state index in [2.05, 4.69) is 21.9 Å². The predicted molar refractivity (Wildman–Crippen MR) is 174 cm³/mol. The molecule has 3 aliphatic rings. The van der Waals surface area contributed by atoms with Gasteiger partial charge in [0.2, 0.25) is 0 Å². The van der Waals surface area contributed by atoms with Crippen LogP contribution in [0.25, 0.3) is 11.1 Å². The Balaban J connectivity index is 1.33. The molecular weight excluding hydrogens is 728 g/mol. The standard InChI is InChI=1S/C38H30F8N4O4/c39-22-12-19(13-23(40)16-22)11-21(14-25(51)18-50-34-31(33(49-50)38(44,45)46)27-17-29(27)37(34,42)43)32-26(20-1-4-30(41)28(15-20)35(47)52)3-2-24(48-32)5-6-36(53)7-9-54-10-8-36/h1-4,12-13,15-16,21,27,29,53H,7-11,14,17-18H2,(H2,47,52)/t21-,27+,29-/m1/s1. The molecule has 8 nitrogen and oxygen atoms in total. The molecule has 4 aromatic rings. The zero-order valence-corrected chi connectivity index (χ0v) is 28.1. The van der Waals surface area contributed by atoms with Crippen molar-refractivity contribution in [2.75, 3.05) is 13.2 Å². The van der Waals surface area contributed by atoms with Gasteiger partial charge in [-0.2, -0.15) is 27.1 Å². The first-order chi connectivity index (χ1) is 25.4. The van der Waals surface area contributed by atoms with E-state index in [9.17, 15) is 41.0 Å². The molecule has 1 saturated heterocycles. The normalized spacial score (nSPS) is 20.0. The highest BCUT2D eigenvalue weighted by atomic mass is 19.4. The van der Waals surface area contributed by atoms with E-state index in [1.165, 1.54) is 18.2 Å². The minimum Gasteiger partial charge on any atom is -0.381 e. The van der Waals surface area contributed by atoms with Crippen molar-refractivity contribution < 1.29 is 54.6 Å². The number of Topliss-reactive ketones (excluding diaryl/α,β-unsaturated/α-hetero) is 1. The average molecular weight is 759 g/mol. The summed E-state index contributed by atoms with van der Waals surface area (Å²) in [5.41, 5.74) is 0.885. The Morgan fingerprint density at radius 1 is 1.04 bits per heavy atom. The van der Waals surface area contributed by atoms with Crippen LogP contribution in [0.2, 0.25) is 0 Å². The molecule has 282 valence electrons. The Labute approximate surface area is 302 Å². The Bertz CT molecular complexity index is 2220. The van der Waals surface area contributed by atoms with Gasteiger partial charge in [0.1, 0.15) is 41.0 Å². The first-order valence-corrected chi connectivity index (χ1v) is 16.9. The fourth-order valence-corrected chi connectivity index (χ4v) is 7.37. The SMILES string of the molecule is NC(=O)c1cc(-c2ccc(C#CC3(O)CCOCC3)nc2[C@@H](CC(=O)Cn2nc(C(F)(F)F)c3c2C(F)(F)[C@@H]2C[C@H]32)Cc2cc(F)cc(F)c2)ccc1F. The number of ketones is 1. The molecule has 2 fully saturated rings. The van der Waals surface area contributed by atoms with Gasteiger partial charge < -0.3 is 15.6 Å². The summed E-state index contributed by atoms with van der Waals surface area (Å²) in [6, 6.07) is 8.93. The number of nitrogens with two attached hydrogens (primary N) is 1. The number of pyridine rings is 1. The van der Waals surface area contributed by atoms with E-state index in [1.54, 1.807) is 0 Å². The molecule has 1 saturated carbocycles. The van der Waals surface area contributed by atoms with Crippen molar-refractivity contribution in [1.29, 1.82) is 0 Å². The van der Waals surface area contributed by atoms with Gasteiger partial charge in [-0.3, -0.25) is 14.3 Å². The summed E-state index contributed by atoms with van der Waals surface area (Å²) in [7, 11) is 0. The maximum atomic E-state index is 15.3. The zero-order valence-electron chi connectivity index (χ0n) is 28.1. The molecule has 3 atom stereocenters. The molecule has 1 aliphatic heterocycles. The van der Waals surface area contributed by atoms with Crippen LogP contribution < -0.4 is 5.73 Å². The second kappa shape index (κ2) is 13.6. The van der Waals surface area contributed by atoms with Crippen molar-refractivity contribution in [3.63, 3.8) is 0 Å². The van der Waals surface area contributed by atoms with Gasteiger partial charge in [-0.1, -0.05) is 12.0 Å². The second-order valence-electron chi connectivity index (χ2n) is 13.8. The monoisotopic (exact) mass is 758 g/mol. The van der Waals surface area contributed by atoms with E-state index >= 15 is 8.78 Å². The third kappa shape index (κ3) is 7.22. The van der Waals surface area contributed by atoms with Crippen molar-refractivity contribution in [3.05, 3.63) is 105 Å².